The quantitative estimate of drug-likeness (QED) is 0.0279. The Balaban J connectivity index is 3.88. The molecule has 8 nitrogen and oxygen atoms in total. The van der Waals surface area contributed by atoms with Gasteiger partial charge in [-0.05, 0) is 70.6 Å². The second kappa shape index (κ2) is 47.7. The first-order valence-electron chi connectivity index (χ1n) is 25.7. The molecule has 0 saturated carbocycles. The lowest BCUT2D eigenvalue weighted by molar-refractivity contribution is -0.161. The molecule has 358 valence electrons. The Kier molecular flexibility index (Phi) is 46.4. The van der Waals surface area contributed by atoms with Crippen molar-refractivity contribution in [3.8, 4) is 0 Å². The van der Waals surface area contributed by atoms with E-state index in [9.17, 15) is 19.0 Å². The smallest absolute Gasteiger partial charge is 0.462 e. The van der Waals surface area contributed by atoms with Crippen molar-refractivity contribution in [2.75, 3.05) is 20.3 Å². The summed E-state index contributed by atoms with van der Waals surface area (Å²) in [6.45, 7) is 3.90. The lowest BCUT2D eigenvalue weighted by Crippen LogP contribution is -2.29. The SMILES string of the molecule is CCCCC/C=C\C/C=C\CCCCCCCCCCCC(=O)OC(COC(=O)CCCCCCCCCCCCC/C=C\CCCCCCCCCC)COP(=O)(O)OC. The zero-order valence-corrected chi connectivity index (χ0v) is 41.0. The van der Waals surface area contributed by atoms with Gasteiger partial charge in [0.05, 0.1) is 6.61 Å². The molecule has 0 aliphatic carbocycles. The molecule has 0 aliphatic rings. The van der Waals surface area contributed by atoms with Crippen LogP contribution in [-0.2, 0) is 32.7 Å². The van der Waals surface area contributed by atoms with Gasteiger partial charge in [0.15, 0.2) is 6.10 Å². The van der Waals surface area contributed by atoms with E-state index in [1.54, 1.807) is 0 Å². The first-order chi connectivity index (χ1) is 29.8. The van der Waals surface area contributed by atoms with E-state index < -0.39 is 26.5 Å². The summed E-state index contributed by atoms with van der Waals surface area (Å²) in [5, 5.41) is 0. The molecule has 0 heterocycles. The third-order valence-electron chi connectivity index (χ3n) is 11.4. The number of ether oxygens (including phenoxy) is 2. The van der Waals surface area contributed by atoms with Crippen molar-refractivity contribution < 1.29 is 37.6 Å². The lowest BCUT2D eigenvalue weighted by atomic mass is 10.0. The number of phosphoric ester groups is 1. The number of carbonyl (C=O) groups excluding carboxylic acids is 2. The minimum Gasteiger partial charge on any atom is -0.462 e. The van der Waals surface area contributed by atoms with Gasteiger partial charge in [0.2, 0.25) is 0 Å². The summed E-state index contributed by atoms with van der Waals surface area (Å²) in [4.78, 5) is 34.7. The van der Waals surface area contributed by atoms with Crippen LogP contribution in [0.15, 0.2) is 36.5 Å². The van der Waals surface area contributed by atoms with Crippen molar-refractivity contribution in [3.63, 3.8) is 0 Å². The van der Waals surface area contributed by atoms with Crippen molar-refractivity contribution in [2.45, 2.75) is 264 Å². The molecule has 0 amide bonds. The number of allylic oxidation sites excluding steroid dienone is 6. The van der Waals surface area contributed by atoms with Crippen LogP contribution in [0.25, 0.3) is 0 Å². The van der Waals surface area contributed by atoms with Crippen molar-refractivity contribution in [1.29, 1.82) is 0 Å². The molecular formula is C52H97O8P. The predicted molar refractivity (Wildman–Crippen MR) is 258 cm³/mol. The molecule has 0 spiro atoms. The first-order valence-corrected chi connectivity index (χ1v) is 27.2. The predicted octanol–water partition coefficient (Wildman–Crippen LogP) is 16.7. The van der Waals surface area contributed by atoms with Crippen LogP contribution in [0.4, 0.5) is 0 Å². The lowest BCUT2D eigenvalue weighted by Gasteiger charge is -2.19. The van der Waals surface area contributed by atoms with Gasteiger partial charge >= 0.3 is 19.8 Å². The first kappa shape index (κ1) is 59.3. The van der Waals surface area contributed by atoms with Crippen LogP contribution in [0.3, 0.4) is 0 Å². The molecule has 2 unspecified atom stereocenters. The molecule has 1 N–H and O–H groups in total. The average Bonchev–Trinajstić information content (AvgIpc) is 3.25. The van der Waals surface area contributed by atoms with Crippen LogP contribution in [-0.4, -0.2) is 43.3 Å². The van der Waals surface area contributed by atoms with E-state index in [1.807, 2.05) is 0 Å². The Morgan fingerprint density at radius 2 is 0.787 bits per heavy atom. The Labute approximate surface area is 376 Å². The number of hydrogen-bond donors (Lipinski definition) is 1. The maximum Gasteiger partial charge on any atom is 0.472 e. The molecule has 9 heteroatoms. The summed E-state index contributed by atoms with van der Waals surface area (Å²) in [6, 6.07) is 0. The van der Waals surface area contributed by atoms with Crippen molar-refractivity contribution in [1.82, 2.24) is 0 Å². The maximum atomic E-state index is 12.6. The third-order valence-corrected chi connectivity index (χ3v) is 12.3. The van der Waals surface area contributed by atoms with Crippen molar-refractivity contribution in [2.24, 2.45) is 0 Å². The van der Waals surface area contributed by atoms with E-state index in [-0.39, 0.29) is 19.0 Å². The molecule has 0 saturated heterocycles. The molecule has 0 rings (SSSR count). The van der Waals surface area contributed by atoms with Gasteiger partial charge in [0, 0.05) is 20.0 Å². The van der Waals surface area contributed by atoms with Crippen molar-refractivity contribution >= 4 is 19.8 Å². The van der Waals surface area contributed by atoms with Gasteiger partial charge in [-0.3, -0.25) is 18.6 Å². The summed E-state index contributed by atoms with van der Waals surface area (Å²) < 4.78 is 32.1. The summed E-state index contributed by atoms with van der Waals surface area (Å²) >= 11 is 0. The second-order valence-corrected chi connectivity index (χ2v) is 18.9. The molecular weight excluding hydrogens is 784 g/mol. The van der Waals surface area contributed by atoms with Gasteiger partial charge in [-0.2, -0.15) is 0 Å². The van der Waals surface area contributed by atoms with Crippen LogP contribution in [0.1, 0.15) is 258 Å². The summed E-state index contributed by atoms with van der Waals surface area (Å²) in [7, 11) is -3.20. The minimum absolute atomic E-state index is 0.225. The highest BCUT2D eigenvalue weighted by molar-refractivity contribution is 7.47. The van der Waals surface area contributed by atoms with Gasteiger partial charge in [0.25, 0.3) is 0 Å². The molecule has 2 atom stereocenters. The Bertz CT molecular complexity index is 1090. The van der Waals surface area contributed by atoms with E-state index in [2.05, 4.69) is 54.8 Å². The minimum atomic E-state index is -4.27. The molecule has 0 bridgehead atoms. The van der Waals surface area contributed by atoms with Crippen LogP contribution in [0.5, 0.6) is 0 Å². The number of carbonyl (C=O) groups is 2. The largest absolute Gasteiger partial charge is 0.472 e. The fraction of sp³-hybridized carbons (Fsp3) is 0.846. The molecule has 0 aromatic carbocycles. The zero-order valence-electron chi connectivity index (χ0n) is 40.1. The zero-order chi connectivity index (χ0) is 44.6. The number of unbranched alkanes of at least 4 members (excludes halogenated alkanes) is 31. The molecule has 0 aliphatic heterocycles. The molecule has 0 fully saturated rings. The normalized spacial score (nSPS) is 13.4. The molecule has 0 aromatic heterocycles. The van der Waals surface area contributed by atoms with Crippen LogP contribution < -0.4 is 0 Å². The second-order valence-electron chi connectivity index (χ2n) is 17.3. The van der Waals surface area contributed by atoms with Crippen molar-refractivity contribution in [3.05, 3.63) is 36.5 Å². The van der Waals surface area contributed by atoms with E-state index in [0.29, 0.717) is 12.8 Å². The standard InChI is InChI=1S/C52H97O8P/c1-4-6-8-10-12-14-16-18-20-22-24-25-26-27-29-30-32-34-36-38-40-42-44-46-51(53)58-48-50(49-59-61(55,56)57-3)60-52(54)47-45-43-41-39-37-35-33-31-28-23-21-19-17-15-13-11-9-7-5-2/h13,15,19,21-22,24,50H,4-12,14,16-18,20,23,25-49H2,1-3H3,(H,55,56)/b15-13-,21-19-,24-22-. The number of esters is 2. The fourth-order valence-electron chi connectivity index (χ4n) is 7.39. The highest BCUT2D eigenvalue weighted by atomic mass is 31.2. The van der Waals surface area contributed by atoms with E-state index in [0.717, 1.165) is 52.1 Å². The van der Waals surface area contributed by atoms with Gasteiger partial charge in [-0.25, -0.2) is 4.57 Å². The van der Waals surface area contributed by atoms with Gasteiger partial charge in [0.1, 0.15) is 6.61 Å². The Morgan fingerprint density at radius 1 is 0.459 bits per heavy atom. The Morgan fingerprint density at radius 3 is 1.20 bits per heavy atom. The van der Waals surface area contributed by atoms with Gasteiger partial charge in [-0.1, -0.05) is 211 Å². The average molecular weight is 881 g/mol. The van der Waals surface area contributed by atoms with Crippen LogP contribution in [0, 0.1) is 0 Å². The summed E-state index contributed by atoms with van der Waals surface area (Å²) in [6.07, 6.45) is 57.8. The maximum absolute atomic E-state index is 12.6. The highest BCUT2D eigenvalue weighted by Gasteiger charge is 2.24. The number of hydrogen-bond acceptors (Lipinski definition) is 7. The van der Waals surface area contributed by atoms with Gasteiger partial charge < -0.3 is 14.4 Å². The van der Waals surface area contributed by atoms with E-state index in [1.165, 1.54) is 180 Å². The summed E-state index contributed by atoms with van der Waals surface area (Å²) in [5.74, 6) is -0.800. The molecule has 0 radical (unpaired) electrons. The van der Waals surface area contributed by atoms with E-state index >= 15 is 0 Å². The van der Waals surface area contributed by atoms with Gasteiger partial charge in [-0.15, -0.1) is 0 Å². The topological polar surface area (TPSA) is 108 Å². The highest BCUT2D eigenvalue weighted by Crippen LogP contribution is 2.42. The fourth-order valence-corrected chi connectivity index (χ4v) is 7.85. The monoisotopic (exact) mass is 881 g/mol. The number of phosphoric acid groups is 1. The van der Waals surface area contributed by atoms with Crippen LogP contribution >= 0.6 is 7.82 Å². The number of rotatable bonds is 48. The van der Waals surface area contributed by atoms with E-state index in [4.69, 9.17) is 14.0 Å². The van der Waals surface area contributed by atoms with Crippen LogP contribution in [0.2, 0.25) is 0 Å². The molecule has 0 aromatic rings. The third kappa shape index (κ3) is 47.6. The summed E-state index contributed by atoms with van der Waals surface area (Å²) in [5.41, 5.74) is 0. The molecule has 61 heavy (non-hydrogen) atoms. The Hall–Kier alpha value is -1.73.